The zero-order chi connectivity index (χ0) is 57.9. The van der Waals surface area contributed by atoms with Crippen LogP contribution >= 0.6 is 11.8 Å². The Kier molecular flexibility index (Phi) is 17.9. The van der Waals surface area contributed by atoms with Crippen LogP contribution in [0.5, 0.6) is 0 Å². The molecule has 5 amide bonds. The van der Waals surface area contributed by atoms with Crippen LogP contribution in [0.1, 0.15) is 79.0 Å². The zero-order valence-corrected chi connectivity index (χ0v) is 46.9. The molecule has 0 bridgehead atoms. The average molecular weight is 1120 g/mol. The van der Waals surface area contributed by atoms with Crippen LogP contribution in [0.25, 0.3) is 28.3 Å². The molecule has 1 aromatic heterocycles. The van der Waals surface area contributed by atoms with Gasteiger partial charge in [-0.2, -0.15) is 0 Å². The number of carbonyl (C=O) groups is 6. The van der Waals surface area contributed by atoms with Gasteiger partial charge in [0, 0.05) is 37.9 Å². The molecule has 1 unspecified atom stereocenters. The molecule has 2 aliphatic heterocycles. The van der Waals surface area contributed by atoms with Gasteiger partial charge in [-0.05, 0) is 97.3 Å². The number of hydrogen-bond acceptors (Lipinski definition) is 12. The van der Waals surface area contributed by atoms with Crippen molar-refractivity contribution in [2.24, 2.45) is 0 Å². The SMILES string of the molecule is CC(C)(OC(=O)NCCNC(=O)OC[C@]1(C)SC2/C(=C\c3cc(C(=O)NCCNC(=O)OC(C)(C)c4ccc(-c5ccccc5)cc4)ccn3)C(=O)N2[C@H]1C(=O)OC(c1ccccc1)c1ccccc1)c1ccc(-c2ccccc2)cc1. The van der Waals surface area contributed by atoms with E-state index in [0.717, 1.165) is 33.4 Å². The van der Waals surface area contributed by atoms with E-state index in [9.17, 15) is 28.8 Å². The molecule has 16 nitrogen and oxygen atoms in total. The maximum atomic E-state index is 14.7. The van der Waals surface area contributed by atoms with Gasteiger partial charge in [-0.25, -0.2) is 19.2 Å². The number of esters is 1. The van der Waals surface area contributed by atoms with Crippen molar-refractivity contribution in [2.75, 3.05) is 32.8 Å². The van der Waals surface area contributed by atoms with Crippen LogP contribution in [-0.4, -0.2) is 94.9 Å². The number of rotatable bonds is 20. The number of carbonyl (C=O) groups excluding carboxylic acids is 6. The van der Waals surface area contributed by atoms with Crippen molar-refractivity contribution >= 4 is 53.9 Å². The Morgan fingerprint density at radius 2 is 1.04 bits per heavy atom. The Bertz CT molecular complexity index is 3380. The van der Waals surface area contributed by atoms with Gasteiger partial charge in [0.25, 0.3) is 11.8 Å². The molecule has 2 fully saturated rings. The van der Waals surface area contributed by atoms with Crippen molar-refractivity contribution in [3.63, 3.8) is 0 Å². The maximum absolute atomic E-state index is 14.7. The summed E-state index contributed by atoms with van der Waals surface area (Å²) in [6.07, 6.45) is 0.0545. The van der Waals surface area contributed by atoms with Crippen LogP contribution in [-0.2, 0) is 39.7 Å². The minimum absolute atomic E-state index is 0.00821. The number of β-lactam (4-membered cyclic amide) rings is 1. The number of nitrogens with one attached hydrogen (secondary N) is 4. The molecule has 3 heterocycles. The highest BCUT2D eigenvalue weighted by atomic mass is 32.2. The number of ether oxygens (including phenoxy) is 4. The van der Waals surface area contributed by atoms with Crippen molar-refractivity contribution in [3.8, 4) is 22.3 Å². The second-order valence-electron chi connectivity index (χ2n) is 20.9. The number of thioether (sulfide) groups is 1. The van der Waals surface area contributed by atoms with Crippen LogP contribution in [0, 0.1) is 0 Å². The summed E-state index contributed by atoms with van der Waals surface area (Å²) in [5.74, 6) is -1.61. The van der Waals surface area contributed by atoms with Gasteiger partial charge in [0.15, 0.2) is 6.10 Å². The Morgan fingerprint density at radius 1 is 0.598 bits per heavy atom. The summed E-state index contributed by atoms with van der Waals surface area (Å²) in [4.78, 5) is 87.3. The molecule has 2 saturated heterocycles. The minimum Gasteiger partial charge on any atom is -0.451 e. The molecule has 3 atom stereocenters. The quantitative estimate of drug-likeness (QED) is 0.0185. The molecular weight excluding hydrogens is 1060 g/mol. The smallest absolute Gasteiger partial charge is 0.408 e. The average Bonchev–Trinajstić information content (AvgIpc) is 3.75. The molecule has 0 spiro atoms. The molecule has 0 radical (unpaired) electrons. The molecule has 4 N–H and O–H groups in total. The van der Waals surface area contributed by atoms with Crippen LogP contribution in [0.15, 0.2) is 194 Å². The monoisotopic (exact) mass is 1120 g/mol. The Morgan fingerprint density at radius 3 is 1.52 bits per heavy atom. The van der Waals surface area contributed by atoms with Gasteiger partial charge >= 0.3 is 24.2 Å². The van der Waals surface area contributed by atoms with Crippen molar-refractivity contribution in [1.29, 1.82) is 0 Å². The first-order chi connectivity index (χ1) is 39.5. The van der Waals surface area contributed by atoms with Gasteiger partial charge in [0.05, 0.1) is 16.0 Å². The summed E-state index contributed by atoms with van der Waals surface area (Å²) in [7, 11) is 0. The van der Waals surface area contributed by atoms with Crippen LogP contribution < -0.4 is 21.3 Å². The van der Waals surface area contributed by atoms with Gasteiger partial charge < -0.3 is 45.1 Å². The number of benzene rings is 6. The second kappa shape index (κ2) is 25.5. The molecule has 17 heteroatoms. The van der Waals surface area contributed by atoms with Crippen molar-refractivity contribution in [3.05, 3.63) is 227 Å². The lowest BCUT2D eigenvalue weighted by molar-refractivity contribution is -0.161. The van der Waals surface area contributed by atoms with E-state index in [1.807, 2.05) is 170 Å². The molecule has 82 heavy (non-hydrogen) atoms. The summed E-state index contributed by atoms with van der Waals surface area (Å²) in [6, 6.07) is 55.9. The normalized spacial score (nSPS) is 17.0. The highest BCUT2D eigenvalue weighted by molar-refractivity contribution is 8.02. The first kappa shape index (κ1) is 57.5. The van der Waals surface area contributed by atoms with Crippen LogP contribution in [0.4, 0.5) is 14.4 Å². The molecule has 6 aromatic carbocycles. The van der Waals surface area contributed by atoms with Crippen LogP contribution in [0.2, 0.25) is 0 Å². The summed E-state index contributed by atoms with van der Waals surface area (Å²) in [5, 5.41) is 10.1. The van der Waals surface area contributed by atoms with Gasteiger partial charge in [0.1, 0.15) is 29.2 Å². The molecular formula is C65H64N6O10S. The Hall–Kier alpha value is -9.22. The predicted octanol–water partition coefficient (Wildman–Crippen LogP) is 11.0. The van der Waals surface area contributed by atoms with Crippen molar-refractivity contribution < 1.29 is 47.7 Å². The fourth-order valence-corrected chi connectivity index (χ4v) is 11.3. The number of amides is 5. The van der Waals surface area contributed by atoms with E-state index in [0.29, 0.717) is 22.4 Å². The number of hydrogen-bond donors (Lipinski definition) is 4. The topological polar surface area (TPSA) is 204 Å². The fraction of sp³-hybridized carbons (Fsp3) is 0.246. The standard InChI is InChI=1S/C65H64N6O10S/c1-63(2,50-30-26-45(27-31-50)43-18-10-6-11-19-43)80-61(76)69-37-36-67-56(72)49-34-35-66-52(40-49)41-53-57(73)71-55(59(74)79-54(47-22-14-8-15-23-47)48-24-16-9-17-25-48)65(5,82-58(53)71)42-78-60(75)68-38-39-70-62(77)81-64(3,4)51-32-28-46(29-33-51)44-20-12-7-13-21-44/h6-35,40-41,54-55,58H,36-39,42H2,1-5H3,(H,67,72)(H,68,75)(H,69,76)(H,70,77)/b53-41-/t55-,58?,65-/m0/s1. The molecule has 7 aromatic rings. The summed E-state index contributed by atoms with van der Waals surface area (Å²) < 4.78 is 22.4. The highest BCUT2D eigenvalue weighted by Crippen LogP contribution is 2.54. The molecule has 0 aliphatic carbocycles. The number of aromatic nitrogens is 1. The third kappa shape index (κ3) is 13.8. The third-order valence-electron chi connectivity index (χ3n) is 14.1. The highest BCUT2D eigenvalue weighted by Gasteiger charge is 2.64. The van der Waals surface area contributed by atoms with E-state index >= 15 is 0 Å². The molecule has 9 rings (SSSR count). The summed E-state index contributed by atoms with van der Waals surface area (Å²) in [6.45, 7) is 8.80. The number of nitrogens with zero attached hydrogens (tertiary/aromatic N) is 2. The fourth-order valence-electron chi connectivity index (χ4n) is 9.71. The van der Waals surface area contributed by atoms with E-state index in [-0.39, 0.29) is 38.3 Å². The van der Waals surface area contributed by atoms with Crippen molar-refractivity contribution in [2.45, 2.75) is 68.1 Å². The number of fused-ring (bicyclic) bond motifs is 1. The molecule has 2 aliphatic rings. The number of alkyl carbamates (subject to hydrolysis) is 3. The minimum atomic E-state index is -1.23. The second-order valence-corrected chi connectivity index (χ2v) is 22.5. The van der Waals surface area contributed by atoms with Gasteiger partial charge in [0.2, 0.25) is 0 Å². The van der Waals surface area contributed by atoms with Crippen molar-refractivity contribution in [1.82, 2.24) is 31.2 Å². The predicted molar refractivity (Wildman–Crippen MR) is 314 cm³/mol. The third-order valence-corrected chi connectivity index (χ3v) is 15.7. The van der Waals surface area contributed by atoms with E-state index < -0.39 is 69.5 Å². The lowest BCUT2D eigenvalue weighted by Gasteiger charge is -2.40. The summed E-state index contributed by atoms with van der Waals surface area (Å²) >= 11 is 1.26. The molecule has 420 valence electrons. The Balaban J connectivity index is 0.808. The largest absolute Gasteiger partial charge is 0.451 e. The van der Waals surface area contributed by atoms with Gasteiger partial charge in [-0.3, -0.25) is 14.6 Å². The van der Waals surface area contributed by atoms with Crippen LogP contribution in [0.3, 0.4) is 0 Å². The lowest BCUT2D eigenvalue weighted by atomic mass is 9.93. The first-order valence-corrected chi connectivity index (χ1v) is 27.8. The van der Waals surface area contributed by atoms with E-state index in [1.54, 1.807) is 40.7 Å². The Labute approximate surface area is 481 Å². The van der Waals surface area contributed by atoms with Gasteiger partial charge in [-0.15, -0.1) is 11.8 Å². The lowest BCUT2D eigenvalue weighted by Crippen LogP contribution is -2.60. The van der Waals surface area contributed by atoms with E-state index in [4.69, 9.17) is 18.9 Å². The zero-order valence-electron chi connectivity index (χ0n) is 46.1. The van der Waals surface area contributed by atoms with E-state index in [1.165, 1.54) is 35.0 Å². The first-order valence-electron chi connectivity index (χ1n) is 26.9. The van der Waals surface area contributed by atoms with E-state index in [2.05, 4.69) is 26.3 Å². The number of pyridine rings is 1. The maximum Gasteiger partial charge on any atom is 0.408 e. The van der Waals surface area contributed by atoms with Gasteiger partial charge in [-0.1, -0.05) is 170 Å². The summed E-state index contributed by atoms with van der Waals surface area (Å²) in [5.41, 5.74) is 6.25. The molecule has 0 saturated carbocycles.